The summed E-state index contributed by atoms with van der Waals surface area (Å²) >= 11 is 0. The Morgan fingerprint density at radius 1 is 0.875 bits per heavy atom. The summed E-state index contributed by atoms with van der Waals surface area (Å²) in [5.41, 5.74) is 6.39. The van der Waals surface area contributed by atoms with Gasteiger partial charge in [-0.2, -0.15) is 0 Å². The van der Waals surface area contributed by atoms with Crippen molar-refractivity contribution in [3.63, 3.8) is 0 Å². The Labute approximate surface area is 191 Å². The number of hydrogen-bond donors (Lipinski definition) is 1. The van der Waals surface area contributed by atoms with Crippen molar-refractivity contribution < 1.29 is 5.11 Å². The van der Waals surface area contributed by atoms with E-state index in [1.807, 2.05) is 12.1 Å². The van der Waals surface area contributed by atoms with E-state index in [0.29, 0.717) is 11.8 Å². The van der Waals surface area contributed by atoms with Crippen molar-refractivity contribution in [2.75, 3.05) is 43.0 Å². The normalized spacial score (nSPS) is 21.4. The Balaban J connectivity index is 1.48. The van der Waals surface area contributed by atoms with Gasteiger partial charge in [0.1, 0.15) is 5.75 Å². The van der Waals surface area contributed by atoms with E-state index in [4.69, 9.17) is 0 Å². The standard InChI is InChI=1S/C28H33N3O/c1-3-23-20-30(18-17-29(23)2)24-11-9-21(10-12-24)28-27-14-13-26(32)19-22(27)15-16-31(28)25-7-5-4-6-8-25/h4-14,19,23,28,32H,3,15-18,20H2,1-2H3. The van der Waals surface area contributed by atoms with Gasteiger partial charge in [-0.15, -0.1) is 0 Å². The third-order valence-electron chi connectivity index (χ3n) is 7.27. The fourth-order valence-electron chi connectivity index (χ4n) is 5.36. The van der Waals surface area contributed by atoms with E-state index >= 15 is 0 Å². The molecule has 0 bridgehead atoms. The van der Waals surface area contributed by atoms with Crippen LogP contribution in [0.15, 0.2) is 72.8 Å². The molecule has 0 aliphatic carbocycles. The highest BCUT2D eigenvalue weighted by atomic mass is 16.3. The highest BCUT2D eigenvalue weighted by molar-refractivity contribution is 5.58. The van der Waals surface area contributed by atoms with Crippen LogP contribution in [0.2, 0.25) is 0 Å². The summed E-state index contributed by atoms with van der Waals surface area (Å²) in [5, 5.41) is 10.0. The molecule has 0 amide bonds. The lowest BCUT2D eigenvalue weighted by molar-refractivity contribution is 0.213. The van der Waals surface area contributed by atoms with Gasteiger partial charge in [0.05, 0.1) is 6.04 Å². The van der Waals surface area contributed by atoms with Gasteiger partial charge in [0.15, 0.2) is 0 Å². The van der Waals surface area contributed by atoms with E-state index in [2.05, 4.69) is 89.3 Å². The number of hydrogen-bond acceptors (Lipinski definition) is 4. The summed E-state index contributed by atoms with van der Waals surface area (Å²) in [4.78, 5) is 7.51. The fraction of sp³-hybridized carbons (Fsp3) is 0.357. The molecule has 2 unspecified atom stereocenters. The van der Waals surface area contributed by atoms with Crippen LogP contribution in [0.4, 0.5) is 11.4 Å². The molecule has 2 aliphatic heterocycles. The van der Waals surface area contributed by atoms with Crippen molar-refractivity contribution in [3.8, 4) is 5.75 Å². The number of likely N-dealkylation sites (N-methyl/N-ethyl adjacent to an activating group) is 1. The number of piperazine rings is 1. The Bertz CT molecular complexity index is 1050. The van der Waals surface area contributed by atoms with E-state index in [0.717, 1.165) is 32.6 Å². The van der Waals surface area contributed by atoms with Gasteiger partial charge in [-0.1, -0.05) is 43.3 Å². The second-order valence-corrected chi connectivity index (χ2v) is 9.14. The molecule has 1 fully saturated rings. The second-order valence-electron chi connectivity index (χ2n) is 9.14. The zero-order chi connectivity index (χ0) is 22.1. The van der Waals surface area contributed by atoms with Crippen LogP contribution < -0.4 is 9.80 Å². The number of phenols is 1. The number of anilines is 2. The number of rotatable bonds is 4. The first-order valence-corrected chi connectivity index (χ1v) is 11.8. The summed E-state index contributed by atoms with van der Waals surface area (Å²) in [7, 11) is 2.24. The summed E-state index contributed by atoms with van der Waals surface area (Å²) in [5.74, 6) is 0.353. The van der Waals surface area contributed by atoms with Crippen molar-refractivity contribution in [2.45, 2.75) is 31.8 Å². The van der Waals surface area contributed by atoms with Crippen LogP contribution in [0.1, 0.15) is 36.1 Å². The molecule has 166 valence electrons. The van der Waals surface area contributed by atoms with Crippen LogP contribution in [-0.4, -0.2) is 49.3 Å². The Hall–Kier alpha value is -2.98. The van der Waals surface area contributed by atoms with Gasteiger partial charge in [-0.3, -0.25) is 4.90 Å². The second kappa shape index (κ2) is 8.87. The number of nitrogens with zero attached hydrogens (tertiary/aromatic N) is 3. The molecular formula is C28H33N3O. The van der Waals surface area contributed by atoms with Gasteiger partial charge >= 0.3 is 0 Å². The Kier molecular flexibility index (Phi) is 5.79. The average molecular weight is 428 g/mol. The Morgan fingerprint density at radius 2 is 1.66 bits per heavy atom. The first-order valence-electron chi connectivity index (χ1n) is 11.8. The smallest absolute Gasteiger partial charge is 0.115 e. The third-order valence-corrected chi connectivity index (χ3v) is 7.27. The summed E-state index contributed by atoms with van der Waals surface area (Å²) in [6.07, 6.45) is 2.12. The van der Waals surface area contributed by atoms with E-state index < -0.39 is 0 Å². The number of para-hydroxylation sites is 1. The molecule has 5 rings (SSSR count). The lowest BCUT2D eigenvalue weighted by atomic mass is 9.87. The molecule has 1 N–H and O–H groups in total. The highest BCUT2D eigenvalue weighted by Crippen LogP contribution is 2.39. The van der Waals surface area contributed by atoms with E-state index in [-0.39, 0.29) is 6.04 Å². The monoisotopic (exact) mass is 427 g/mol. The minimum atomic E-state index is 0.145. The minimum absolute atomic E-state index is 0.145. The molecule has 0 spiro atoms. The highest BCUT2D eigenvalue weighted by Gasteiger charge is 2.30. The van der Waals surface area contributed by atoms with E-state index in [1.54, 1.807) is 0 Å². The molecule has 1 saturated heterocycles. The Morgan fingerprint density at radius 3 is 2.41 bits per heavy atom. The van der Waals surface area contributed by atoms with Crippen molar-refractivity contribution in [3.05, 3.63) is 89.5 Å². The zero-order valence-electron chi connectivity index (χ0n) is 19.1. The van der Waals surface area contributed by atoms with Crippen LogP contribution in [0.3, 0.4) is 0 Å². The van der Waals surface area contributed by atoms with Crippen molar-refractivity contribution in [1.29, 1.82) is 0 Å². The van der Waals surface area contributed by atoms with Gasteiger partial charge in [0.2, 0.25) is 0 Å². The quantitative estimate of drug-likeness (QED) is 0.629. The van der Waals surface area contributed by atoms with Crippen LogP contribution in [0.25, 0.3) is 0 Å². The number of aromatic hydroxyl groups is 1. The molecule has 0 radical (unpaired) electrons. The van der Waals surface area contributed by atoms with Crippen LogP contribution in [0, 0.1) is 0 Å². The van der Waals surface area contributed by atoms with Gasteiger partial charge in [-0.25, -0.2) is 0 Å². The maximum absolute atomic E-state index is 10.0. The molecule has 0 saturated carbocycles. The van der Waals surface area contributed by atoms with Gasteiger partial charge in [-0.05, 0) is 73.0 Å². The predicted molar refractivity (Wildman–Crippen MR) is 133 cm³/mol. The summed E-state index contributed by atoms with van der Waals surface area (Å²) in [6, 6.07) is 26.5. The maximum Gasteiger partial charge on any atom is 0.115 e. The van der Waals surface area contributed by atoms with Crippen LogP contribution >= 0.6 is 0 Å². The molecule has 4 heteroatoms. The van der Waals surface area contributed by atoms with E-state index in [9.17, 15) is 5.11 Å². The van der Waals surface area contributed by atoms with Gasteiger partial charge < -0.3 is 14.9 Å². The van der Waals surface area contributed by atoms with Gasteiger partial charge in [0, 0.05) is 43.6 Å². The van der Waals surface area contributed by atoms with Crippen LogP contribution in [-0.2, 0) is 6.42 Å². The van der Waals surface area contributed by atoms with Gasteiger partial charge in [0.25, 0.3) is 0 Å². The maximum atomic E-state index is 10.0. The zero-order valence-corrected chi connectivity index (χ0v) is 19.1. The van der Waals surface area contributed by atoms with E-state index in [1.165, 1.54) is 34.5 Å². The molecule has 3 aromatic carbocycles. The molecule has 4 nitrogen and oxygen atoms in total. The molecule has 0 aromatic heterocycles. The largest absolute Gasteiger partial charge is 0.508 e. The first-order chi connectivity index (χ1) is 15.6. The van der Waals surface area contributed by atoms with Crippen LogP contribution in [0.5, 0.6) is 5.75 Å². The number of benzene rings is 3. The summed E-state index contributed by atoms with van der Waals surface area (Å²) in [6.45, 7) is 6.50. The summed E-state index contributed by atoms with van der Waals surface area (Å²) < 4.78 is 0. The SMILES string of the molecule is CCC1CN(c2ccc(C3c4ccc(O)cc4CCN3c3ccccc3)cc2)CCN1C. The molecule has 32 heavy (non-hydrogen) atoms. The predicted octanol–water partition coefficient (Wildman–Crippen LogP) is 5.07. The molecule has 2 aliphatic rings. The van der Waals surface area contributed by atoms with Crippen molar-refractivity contribution >= 4 is 11.4 Å². The molecular weight excluding hydrogens is 394 g/mol. The lowest BCUT2D eigenvalue weighted by Crippen LogP contribution is -2.51. The minimum Gasteiger partial charge on any atom is -0.508 e. The van der Waals surface area contributed by atoms with Crippen molar-refractivity contribution in [2.24, 2.45) is 0 Å². The molecule has 2 heterocycles. The topological polar surface area (TPSA) is 30.0 Å². The third kappa shape index (κ3) is 3.95. The number of fused-ring (bicyclic) bond motifs is 1. The number of phenolic OH excluding ortho intramolecular Hbond substituents is 1. The lowest BCUT2D eigenvalue weighted by Gasteiger charge is -2.41. The molecule has 2 atom stereocenters. The first kappa shape index (κ1) is 20.9. The molecule has 3 aromatic rings. The van der Waals surface area contributed by atoms with Crippen molar-refractivity contribution in [1.82, 2.24) is 4.90 Å². The fourth-order valence-corrected chi connectivity index (χ4v) is 5.36. The average Bonchev–Trinajstić information content (AvgIpc) is 2.84.